The van der Waals surface area contributed by atoms with E-state index in [0.717, 1.165) is 0 Å². The first kappa shape index (κ1) is 20.9. The van der Waals surface area contributed by atoms with Gasteiger partial charge in [0.1, 0.15) is 11.6 Å². The van der Waals surface area contributed by atoms with Crippen LogP contribution >= 0.6 is 0 Å². The average Bonchev–Trinajstić information content (AvgIpc) is 2.68. The molecule has 2 rings (SSSR count). The summed E-state index contributed by atoms with van der Waals surface area (Å²) in [5, 5.41) is 20.0. The minimum atomic E-state index is -0.520. The van der Waals surface area contributed by atoms with Gasteiger partial charge in [0.25, 0.3) is 5.56 Å². The molecule has 0 spiro atoms. The van der Waals surface area contributed by atoms with Crippen molar-refractivity contribution in [3.8, 4) is 11.9 Å². The average molecular weight is 381 g/mol. The van der Waals surface area contributed by atoms with Crippen molar-refractivity contribution in [2.45, 2.75) is 40.2 Å². The van der Waals surface area contributed by atoms with Crippen molar-refractivity contribution in [1.29, 1.82) is 5.26 Å². The Labute approximate surface area is 163 Å². The zero-order chi connectivity index (χ0) is 20.8. The standard InChI is InChI=1S/C21H23N3O4/c1-5-13(3)24-19(25)17(11-22)14(4)18(20(24)26)12-23-16-9-7-8-15(10-16)21(27)28-6-2/h7-10,12-13,26H,5-6H2,1-4H3/t13-/m1/s1. The van der Waals surface area contributed by atoms with Crippen molar-refractivity contribution < 1.29 is 14.6 Å². The quantitative estimate of drug-likeness (QED) is 0.608. The fourth-order valence-electron chi connectivity index (χ4n) is 2.75. The molecule has 0 fully saturated rings. The smallest absolute Gasteiger partial charge is 0.338 e. The lowest BCUT2D eigenvalue weighted by Gasteiger charge is -2.18. The molecule has 28 heavy (non-hydrogen) atoms. The van der Waals surface area contributed by atoms with Gasteiger partial charge >= 0.3 is 5.97 Å². The third-order valence-corrected chi connectivity index (χ3v) is 4.52. The fourth-order valence-corrected chi connectivity index (χ4v) is 2.75. The van der Waals surface area contributed by atoms with Gasteiger partial charge in [0.05, 0.1) is 23.4 Å². The highest BCUT2D eigenvalue weighted by atomic mass is 16.5. The number of benzene rings is 1. The van der Waals surface area contributed by atoms with Gasteiger partial charge in [0.15, 0.2) is 0 Å². The van der Waals surface area contributed by atoms with Gasteiger partial charge in [0.2, 0.25) is 5.88 Å². The van der Waals surface area contributed by atoms with Gasteiger partial charge in [-0.3, -0.25) is 14.4 Å². The van der Waals surface area contributed by atoms with Crippen LogP contribution in [-0.2, 0) is 4.74 Å². The van der Waals surface area contributed by atoms with Crippen LogP contribution in [0.15, 0.2) is 34.1 Å². The van der Waals surface area contributed by atoms with Gasteiger partial charge in [0, 0.05) is 12.3 Å². The molecule has 1 aromatic heterocycles. The van der Waals surface area contributed by atoms with E-state index >= 15 is 0 Å². The van der Waals surface area contributed by atoms with Gasteiger partial charge in [-0.15, -0.1) is 0 Å². The molecule has 146 valence electrons. The van der Waals surface area contributed by atoms with Crippen molar-refractivity contribution in [2.75, 3.05) is 6.61 Å². The molecule has 2 aromatic rings. The molecule has 0 saturated carbocycles. The number of esters is 1. The van der Waals surface area contributed by atoms with Crippen LogP contribution in [0, 0.1) is 18.3 Å². The Bertz CT molecular complexity index is 1020. The first-order chi connectivity index (χ1) is 13.3. The van der Waals surface area contributed by atoms with Crippen LogP contribution in [0.1, 0.15) is 60.3 Å². The molecule has 0 saturated heterocycles. The second-order valence-electron chi connectivity index (χ2n) is 6.31. The number of carbonyl (C=O) groups is 1. The van der Waals surface area contributed by atoms with Crippen LogP contribution in [0.4, 0.5) is 5.69 Å². The summed E-state index contributed by atoms with van der Waals surface area (Å²) in [6.07, 6.45) is 2.01. The highest BCUT2D eigenvalue weighted by Gasteiger charge is 2.20. The summed E-state index contributed by atoms with van der Waals surface area (Å²) < 4.78 is 6.19. The molecule has 7 heteroatoms. The SMILES string of the molecule is CCOC(=O)c1cccc(N=Cc2c(C)c(C#N)c(=O)n([C@H](C)CC)c2O)c1. The molecular formula is C21H23N3O4. The van der Waals surface area contributed by atoms with E-state index in [1.807, 2.05) is 13.0 Å². The summed E-state index contributed by atoms with van der Waals surface area (Å²) in [6, 6.07) is 8.20. The Morgan fingerprint density at radius 1 is 1.43 bits per heavy atom. The summed E-state index contributed by atoms with van der Waals surface area (Å²) >= 11 is 0. The number of aliphatic imine (C=N–C) groups is 1. The van der Waals surface area contributed by atoms with Crippen molar-refractivity contribution in [1.82, 2.24) is 4.57 Å². The first-order valence-electron chi connectivity index (χ1n) is 9.05. The van der Waals surface area contributed by atoms with Gasteiger partial charge in [-0.2, -0.15) is 5.26 Å². The Kier molecular flexibility index (Phi) is 6.72. The van der Waals surface area contributed by atoms with Crippen LogP contribution in [-0.4, -0.2) is 28.5 Å². The molecule has 0 amide bonds. The molecule has 0 aliphatic rings. The predicted molar refractivity (Wildman–Crippen MR) is 106 cm³/mol. The third-order valence-electron chi connectivity index (χ3n) is 4.52. The van der Waals surface area contributed by atoms with E-state index in [4.69, 9.17) is 4.74 Å². The molecule has 1 aromatic carbocycles. The van der Waals surface area contributed by atoms with Crippen LogP contribution < -0.4 is 5.56 Å². The normalized spacial score (nSPS) is 12.0. The number of nitrogens with zero attached hydrogens (tertiary/aromatic N) is 3. The molecule has 0 aliphatic heterocycles. The van der Waals surface area contributed by atoms with Crippen molar-refractivity contribution in [3.63, 3.8) is 0 Å². The van der Waals surface area contributed by atoms with Crippen LogP contribution in [0.3, 0.4) is 0 Å². The topological polar surface area (TPSA) is 105 Å². The molecule has 1 N–H and O–H groups in total. The lowest BCUT2D eigenvalue weighted by Crippen LogP contribution is -2.27. The van der Waals surface area contributed by atoms with Crippen molar-refractivity contribution in [2.24, 2.45) is 4.99 Å². The molecule has 0 bridgehead atoms. The summed E-state index contributed by atoms with van der Waals surface area (Å²) in [6.45, 7) is 7.27. The zero-order valence-electron chi connectivity index (χ0n) is 16.4. The highest BCUT2D eigenvalue weighted by Crippen LogP contribution is 2.25. The largest absolute Gasteiger partial charge is 0.494 e. The monoisotopic (exact) mass is 381 g/mol. The maximum Gasteiger partial charge on any atom is 0.338 e. The second-order valence-corrected chi connectivity index (χ2v) is 6.31. The summed E-state index contributed by atoms with van der Waals surface area (Å²) in [7, 11) is 0. The Hall–Kier alpha value is -3.40. The van der Waals surface area contributed by atoms with E-state index in [2.05, 4.69) is 4.99 Å². The molecule has 0 unspecified atom stereocenters. The molecule has 0 radical (unpaired) electrons. The predicted octanol–water partition coefficient (Wildman–Crippen LogP) is 3.63. The van der Waals surface area contributed by atoms with E-state index in [1.54, 1.807) is 45.0 Å². The number of rotatable bonds is 6. The Morgan fingerprint density at radius 3 is 2.75 bits per heavy atom. The number of pyridine rings is 1. The zero-order valence-corrected chi connectivity index (χ0v) is 16.4. The minimum Gasteiger partial charge on any atom is -0.494 e. The maximum absolute atomic E-state index is 12.5. The van der Waals surface area contributed by atoms with E-state index in [-0.39, 0.29) is 29.7 Å². The van der Waals surface area contributed by atoms with E-state index in [1.165, 1.54) is 10.8 Å². The summed E-state index contributed by atoms with van der Waals surface area (Å²) in [5.41, 5.74) is 0.935. The number of ether oxygens (including phenoxy) is 1. The number of nitriles is 1. The molecular weight excluding hydrogens is 358 g/mol. The first-order valence-corrected chi connectivity index (χ1v) is 9.05. The number of aromatic nitrogens is 1. The molecule has 7 nitrogen and oxygen atoms in total. The van der Waals surface area contributed by atoms with E-state index in [9.17, 15) is 20.0 Å². The lowest BCUT2D eigenvalue weighted by molar-refractivity contribution is 0.0526. The van der Waals surface area contributed by atoms with Crippen LogP contribution in [0.2, 0.25) is 0 Å². The minimum absolute atomic E-state index is 0.0279. The summed E-state index contributed by atoms with van der Waals surface area (Å²) in [4.78, 5) is 28.7. The molecule has 0 aliphatic carbocycles. The van der Waals surface area contributed by atoms with Gasteiger partial charge in [-0.1, -0.05) is 13.0 Å². The van der Waals surface area contributed by atoms with E-state index < -0.39 is 11.5 Å². The highest BCUT2D eigenvalue weighted by molar-refractivity contribution is 5.91. The van der Waals surface area contributed by atoms with Crippen LogP contribution in [0.5, 0.6) is 5.88 Å². The lowest BCUT2D eigenvalue weighted by atomic mass is 10.0. The molecule has 1 heterocycles. The Morgan fingerprint density at radius 2 is 2.14 bits per heavy atom. The molecule has 1 atom stereocenters. The third kappa shape index (κ3) is 4.12. The number of aromatic hydroxyl groups is 1. The van der Waals surface area contributed by atoms with Crippen molar-refractivity contribution >= 4 is 17.9 Å². The maximum atomic E-state index is 12.5. The fraction of sp³-hybridized carbons (Fsp3) is 0.333. The van der Waals surface area contributed by atoms with Gasteiger partial charge < -0.3 is 9.84 Å². The van der Waals surface area contributed by atoms with E-state index in [0.29, 0.717) is 23.2 Å². The second kappa shape index (κ2) is 9.00. The number of hydrogen-bond acceptors (Lipinski definition) is 6. The summed E-state index contributed by atoms with van der Waals surface area (Å²) in [5.74, 6) is -0.684. The number of carbonyl (C=O) groups excluding carboxylic acids is 1. The van der Waals surface area contributed by atoms with Gasteiger partial charge in [-0.05, 0) is 51.0 Å². The van der Waals surface area contributed by atoms with Crippen LogP contribution in [0.25, 0.3) is 0 Å². The van der Waals surface area contributed by atoms with Crippen molar-refractivity contribution in [3.05, 3.63) is 56.9 Å². The van der Waals surface area contributed by atoms with Gasteiger partial charge in [-0.25, -0.2) is 4.79 Å². The Balaban J connectivity index is 2.55. The number of hydrogen-bond donors (Lipinski definition) is 1.